The van der Waals surface area contributed by atoms with Gasteiger partial charge in [0.15, 0.2) is 6.61 Å². The van der Waals surface area contributed by atoms with Crippen LogP contribution in [0, 0.1) is 0 Å². The zero-order chi connectivity index (χ0) is 25.0. The van der Waals surface area contributed by atoms with E-state index in [9.17, 15) is 32.3 Å². The van der Waals surface area contributed by atoms with Crippen molar-refractivity contribution in [3.05, 3.63) is 69.6 Å². The molecule has 0 aliphatic rings. The van der Waals surface area contributed by atoms with Gasteiger partial charge in [0.1, 0.15) is 11.3 Å². The number of methoxy groups -OCH3 is 2. The number of rotatable bonds is 6. The lowest BCUT2D eigenvalue weighted by Crippen LogP contribution is -2.21. The van der Waals surface area contributed by atoms with Gasteiger partial charge in [-0.05, 0) is 30.3 Å². The van der Waals surface area contributed by atoms with Crippen molar-refractivity contribution in [2.24, 2.45) is 0 Å². The van der Waals surface area contributed by atoms with Gasteiger partial charge in [-0.2, -0.15) is 13.2 Å². The van der Waals surface area contributed by atoms with Crippen LogP contribution in [0.1, 0.15) is 26.3 Å². The number of alkyl halides is 3. The molecule has 3 rings (SSSR count). The molecular weight excluding hydrogens is 463 g/mol. The molecule has 0 bridgehead atoms. The Balaban J connectivity index is 1.78. The SMILES string of the molecule is COC(=O)c1cc(NC(=O)COc2ccc3c(C(F)(F)F)cc(=O)oc3c2)cc(C(=O)OC)c1. The maximum absolute atomic E-state index is 13.1. The molecular formula is C22H16F3NO8. The van der Waals surface area contributed by atoms with Crippen molar-refractivity contribution in [3.63, 3.8) is 0 Å². The summed E-state index contributed by atoms with van der Waals surface area (Å²) in [5, 5.41) is 2.08. The van der Waals surface area contributed by atoms with Crippen LogP contribution in [0.2, 0.25) is 0 Å². The normalized spacial score (nSPS) is 11.1. The fourth-order valence-electron chi connectivity index (χ4n) is 2.98. The van der Waals surface area contributed by atoms with Crippen LogP contribution in [0.4, 0.5) is 18.9 Å². The first-order valence-corrected chi connectivity index (χ1v) is 9.41. The number of fused-ring (bicyclic) bond motifs is 1. The Kier molecular flexibility index (Phi) is 6.89. The number of carbonyl (C=O) groups is 3. The van der Waals surface area contributed by atoms with Crippen molar-refractivity contribution in [2.75, 3.05) is 26.1 Å². The van der Waals surface area contributed by atoms with Crippen molar-refractivity contribution < 1.29 is 46.2 Å². The molecule has 1 amide bonds. The van der Waals surface area contributed by atoms with Gasteiger partial charge in [0.25, 0.3) is 5.91 Å². The Morgan fingerprint density at radius 2 is 1.56 bits per heavy atom. The zero-order valence-electron chi connectivity index (χ0n) is 17.6. The number of ether oxygens (including phenoxy) is 3. The third kappa shape index (κ3) is 5.52. The third-order valence-corrected chi connectivity index (χ3v) is 4.45. The molecule has 0 aliphatic carbocycles. The predicted molar refractivity (Wildman–Crippen MR) is 111 cm³/mol. The largest absolute Gasteiger partial charge is 0.484 e. The number of hydrogen-bond donors (Lipinski definition) is 1. The molecule has 9 nitrogen and oxygen atoms in total. The fraction of sp³-hybridized carbons (Fsp3) is 0.182. The molecule has 0 saturated heterocycles. The maximum atomic E-state index is 13.1. The molecule has 3 aromatic rings. The smallest absolute Gasteiger partial charge is 0.417 e. The third-order valence-electron chi connectivity index (χ3n) is 4.45. The second kappa shape index (κ2) is 9.65. The summed E-state index contributed by atoms with van der Waals surface area (Å²) in [4.78, 5) is 47.4. The number of esters is 2. The van der Waals surface area contributed by atoms with Crippen LogP contribution in [0.3, 0.4) is 0 Å². The molecule has 0 fully saturated rings. The number of hydrogen-bond acceptors (Lipinski definition) is 8. The quantitative estimate of drug-likeness (QED) is 0.422. The first-order chi connectivity index (χ1) is 16.0. The molecule has 0 spiro atoms. The summed E-state index contributed by atoms with van der Waals surface area (Å²) >= 11 is 0. The van der Waals surface area contributed by atoms with E-state index in [0.717, 1.165) is 26.4 Å². The molecule has 0 saturated carbocycles. The maximum Gasteiger partial charge on any atom is 0.417 e. The standard InChI is InChI=1S/C22H16F3NO8/c1-31-20(29)11-5-12(21(30)32-2)7-13(6-11)26-18(27)10-33-14-3-4-15-16(22(23,24)25)9-19(28)34-17(15)8-14/h3-9H,10H2,1-2H3,(H,26,27). The summed E-state index contributed by atoms with van der Waals surface area (Å²) in [6.45, 7) is -0.593. The van der Waals surface area contributed by atoms with E-state index in [1.54, 1.807) is 0 Å². The second-order valence-corrected chi connectivity index (χ2v) is 6.75. The van der Waals surface area contributed by atoms with Crippen LogP contribution in [-0.2, 0) is 20.4 Å². The van der Waals surface area contributed by atoms with E-state index >= 15 is 0 Å². The summed E-state index contributed by atoms with van der Waals surface area (Å²) in [5.41, 5.74) is -2.70. The van der Waals surface area contributed by atoms with E-state index < -0.39 is 41.8 Å². The summed E-state index contributed by atoms with van der Waals surface area (Å²) in [6, 6.07) is 7.38. The van der Waals surface area contributed by atoms with Crippen LogP contribution < -0.4 is 15.7 Å². The van der Waals surface area contributed by atoms with Gasteiger partial charge < -0.3 is 23.9 Å². The Morgan fingerprint density at radius 3 is 2.12 bits per heavy atom. The fourth-order valence-corrected chi connectivity index (χ4v) is 2.98. The lowest BCUT2D eigenvalue weighted by atomic mass is 10.1. The van der Waals surface area contributed by atoms with E-state index in [0.29, 0.717) is 6.07 Å². The first-order valence-electron chi connectivity index (χ1n) is 9.41. The zero-order valence-corrected chi connectivity index (χ0v) is 17.6. The molecule has 12 heteroatoms. The highest BCUT2D eigenvalue weighted by Crippen LogP contribution is 2.34. The molecule has 2 aromatic carbocycles. The Bertz CT molecular complexity index is 1300. The molecule has 0 aliphatic heterocycles. The first kappa shape index (κ1) is 24.3. The van der Waals surface area contributed by atoms with Crippen molar-refractivity contribution in [2.45, 2.75) is 6.18 Å². The van der Waals surface area contributed by atoms with Gasteiger partial charge in [0.2, 0.25) is 0 Å². The van der Waals surface area contributed by atoms with Gasteiger partial charge >= 0.3 is 23.7 Å². The summed E-state index contributed by atoms with van der Waals surface area (Å²) < 4.78 is 58.7. The summed E-state index contributed by atoms with van der Waals surface area (Å²) in [7, 11) is 2.28. The van der Waals surface area contributed by atoms with E-state index in [-0.39, 0.29) is 33.5 Å². The highest BCUT2D eigenvalue weighted by Gasteiger charge is 2.33. The van der Waals surface area contributed by atoms with E-state index in [1.807, 2.05) is 0 Å². The summed E-state index contributed by atoms with van der Waals surface area (Å²) in [5.74, 6) is -2.27. The number of amides is 1. The molecule has 1 aromatic heterocycles. The minimum Gasteiger partial charge on any atom is -0.484 e. The van der Waals surface area contributed by atoms with Crippen molar-refractivity contribution in [1.29, 1.82) is 0 Å². The van der Waals surface area contributed by atoms with Crippen molar-refractivity contribution >= 4 is 34.5 Å². The Morgan fingerprint density at radius 1 is 0.941 bits per heavy atom. The number of carbonyl (C=O) groups excluding carboxylic acids is 3. The van der Waals surface area contributed by atoms with Crippen molar-refractivity contribution in [3.8, 4) is 5.75 Å². The Hall–Kier alpha value is -4.35. The van der Waals surface area contributed by atoms with Crippen LogP contribution >= 0.6 is 0 Å². The number of anilines is 1. The minimum absolute atomic E-state index is 0.0216. The monoisotopic (exact) mass is 479 g/mol. The lowest BCUT2D eigenvalue weighted by Gasteiger charge is -2.12. The molecule has 0 atom stereocenters. The van der Waals surface area contributed by atoms with Crippen LogP contribution in [0.15, 0.2) is 51.7 Å². The lowest BCUT2D eigenvalue weighted by molar-refractivity contribution is -0.136. The van der Waals surface area contributed by atoms with Gasteiger partial charge in [-0.3, -0.25) is 4.79 Å². The number of benzene rings is 2. The molecule has 0 unspecified atom stereocenters. The highest BCUT2D eigenvalue weighted by molar-refractivity contribution is 5.99. The number of nitrogens with one attached hydrogen (secondary N) is 1. The van der Waals surface area contributed by atoms with Gasteiger partial charge in [-0.1, -0.05) is 0 Å². The van der Waals surface area contributed by atoms with Crippen LogP contribution in [-0.4, -0.2) is 38.7 Å². The average molecular weight is 479 g/mol. The Labute approximate surface area is 189 Å². The number of halogens is 3. The van der Waals surface area contributed by atoms with Gasteiger partial charge in [0, 0.05) is 23.2 Å². The molecule has 34 heavy (non-hydrogen) atoms. The van der Waals surface area contributed by atoms with Gasteiger partial charge in [-0.15, -0.1) is 0 Å². The summed E-state index contributed by atoms with van der Waals surface area (Å²) in [6.07, 6.45) is -4.77. The molecule has 0 radical (unpaired) electrons. The van der Waals surface area contributed by atoms with Crippen LogP contribution in [0.5, 0.6) is 5.75 Å². The highest BCUT2D eigenvalue weighted by atomic mass is 19.4. The second-order valence-electron chi connectivity index (χ2n) is 6.75. The van der Waals surface area contributed by atoms with E-state index in [2.05, 4.69) is 14.8 Å². The molecule has 1 heterocycles. The van der Waals surface area contributed by atoms with Gasteiger partial charge in [0.05, 0.1) is 30.9 Å². The van der Waals surface area contributed by atoms with E-state index in [1.165, 1.54) is 24.3 Å². The minimum atomic E-state index is -4.77. The van der Waals surface area contributed by atoms with Gasteiger partial charge in [-0.25, -0.2) is 14.4 Å². The van der Waals surface area contributed by atoms with Crippen molar-refractivity contribution in [1.82, 2.24) is 0 Å². The average Bonchev–Trinajstić information content (AvgIpc) is 2.80. The molecule has 178 valence electrons. The topological polar surface area (TPSA) is 121 Å². The predicted octanol–water partition coefficient (Wildman–Crippen LogP) is 3.40. The van der Waals surface area contributed by atoms with E-state index in [4.69, 9.17) is 9.15 Å². The molecule has 1 N–H and O–H groups in total. The van der Waals surface area contributed by atoms with Crippen LogP contribution in [0.25, 0.3) is 11.0 Å².